The number of nitrogens with one attached hydrogen (secondary N) is 1. The third-order valence-electron chi connectivity index (χ3n) is 2.26. The number of hydrogen-bond acceptors (Lipinski definition) is 1. The summed E-state index contributed by atoms with van der Waals surface area (Å²) in [5.74, 6) is -0.240. The zero-order chi connectivity index (χ0) is 10.6. The van der Waals surface area contributed by atoms with E-state index in [0.29, 0.717) is 17.6 Å². The van der Waals surface area contributed by atoms with Gasteiger partial charge in [-0.2, -0.15) is 0 Å². The van der Waals surface area contributed by atoms with Crippen LogP contribution in [0.15, 0.2) is 18.2 Å². The Bertz CT molecular complexity index is 301. The van der Waals surface area contributed by atoms with Gasteiger partial charge in [-0.1, -0.05) is 18.5 Å². The van der Waals surface area contributed by atoms with Crippen molar-refractivity contribution >= 4 is 11.6 Å². The molecule has 0 aromatic heterocycles. The maximum atomic E-state index is 12.9. The van der Waals surface area contributed by atoms with Crippen LogP contribution >= 0.6 is 11.6 Å². The van der Waals surface area contributed by atoms with Gasteiger partial charge in [-0.3, -0.25) is 0 Å². The van der Waals surface area contributed by atoms with Crippen LogP contribution in [-0.4, -0.2) is 6.04 Å². The lowest BCUT2D eigenvalue weighted by molar-refractivity contribution is 0.532. The van der Waals surface area contributed by atoms with Crippen LogP contribution in [0.25, 0.3) is 0 Å². The lowest BCUT2D eigenvalue weighted by atomic mass is 10.2. The van der Waals surface area contributed by atoms with Crippen molar-refractivity contribution in [2.45, 2.75) is 32.9 Å². The fourth-order valence-electron chi connectivity index (χ4n) is 1.11. The quantitative estimate of drug-likeness (QED) is 0.812. The third-order valence-corrected chi connectivity index (χ3v) is 2.63. The Morgan fingerprint density at radius 1 is 1.50 bits per heavy atom. The molecule has 0 aliphatic heterocycles. The molecule has 1 aromatic carbocycles. The van der Waals surface area contributed by atoms with Crippen molar-refractivity contribution in [1.82, 2.24) is 5.32 Å². The van der Waals surface area contributed by atoms with Crippen LogP contribution in [0.4, 0.5) is 4.39 Å². The van der Waals surface area contributed by atoms with E-state index in [1.54, 1.807) is 6.07 Å². The lowest BCUT2D eigenvalue weighted by Gasteiger charge is -2.12. The van der Waals surface area contributed by atoms with E-state index < -0.39 is 0 Å². The molecule has 78 valence electrons. The molecule has 1 N–H and O–H groups in total. The molecule has 0 radical (unpaired) electrons. The first-order valence-corrected chi connectivity index (χ1v) is 5.18. The molecule has 0 fully saturated rings. The number of benzene rings is 1. The Kier molecular flexibility index (Phi) is 4.36. The molecule has 0 spiro atoms. The van der Waals surface area contributed by atoms with Crippen LogP contribution in [0.5, 0.6) is 0 Å². The monoisotopic (exact) mass is 215 g/mol. The van der Waals surface area contributed by atoms with Gasteiger partial charge in [-0.15, -0.1) is 0 Å². The molecule has 0 heterocycles. The van der Waals surface area contributed by atoms with Gasteiger partial charge < -0.3 is 5.32 Å². The molecule has 0 saturated heterocycles. The molecule has 1 unspecified atom stereocenters. The van der Waals surface area contributed by atoms with Gasteiger partial charge in [-0.25, -0.2) is 4.39 Å². The first-order valence-electron chi connectivity index (χ1n) is 4.80. The lowest BCUT2D eigenvalue weighted by Crippen LogP contribution is -2.24. The smallest absolute Gasteiger partial charge is 0.123 e. The Hall–Kier alpha value is -0.600. The Morgan fingerprint density at radius 3 is 2.86 bits per heavy atom. The molecule has 1 aromatic rings. The minimum absolute atomic E-state index is 0.240. The number of halogens is 2. The standard InChI is InChI=1S/C11H15ClFN/c1-3-8(2)14-7-9-6-10(13)4-5-11(9)12/h4-6,8,14H,3,7H2,1-2H3. The third kappa shape index (κ3) is 3.28. The van der Waals surface area contributed by atoms with E-state index in [1.165, 1.54) is 12.1 Å². The Morgan fingerprint density at radius 2 is 2.21 bits per heavy atom. The van der Waals surface area contributed by atoms with Gasteiger partial charge in [0.15, 0.2) is 0 Å². The first kappa shape index (κ1) is 11.5. The summed E-state index contributed by atoms with van der Waals surface area (Å²) in [6.07, 6.45) is 1.05. The second-order valence-corrected chi connectivity index (χ2v) is 3.83. The molecule has 1 nitrogen and oxygen atoms in total. The highest BCUT2D eigenvalue weighted by Crippen LogP contribution is 2.16. The predicted octanol–water partition coefficient (Wildman–Crippen LogP) is 3.37. The summed E-state index contributed by atoms with van der Waals surface area (Å²) < 4.78 is 12.9. The summed E-state index contributed by atoms with van der Waals surface area (Å²) >= 11 is 5.92. The summed E-state index contributed by atoms with van der Waals surface area (Å²) in [6, 6.07) is 4.85. The molecule has 0 amide bonds. The summed E-state index contributed by atoms with van der Waals surface area (Å²) in [7, 11) is 0. The zero-order valence-corrected chi connectivity index (χ0v) is 9.24. The van der Waals surface area contributed by atoms with Crippen LogP contribution in [0.2, 0.25) is 5.02 Å². The molecule has 0 bridgehead atoms. The van der Waals surface area contributed by atoms with E-state index in [4.69, 9.17) is 11.6 Å². The average Bonchev–Trinajstić information content (AvgIpc) is 2.19. The molecular formula is C11H15ClFN. The van der Waals surface area contributed by atoms with Crippen LogP contribution in [-0.2, 0) is 6.54 Å². The fraction of sp³-hybridized carbons (Fsp3) is 0.455. The van der Waals surface area contributed by atoms with Crippen molar-refractivity contribution in [3.63, 3.8) is 0 Å². The molecule has 0 aliphatic carbocycles. The minimum Gasteiger partial charge on any atom is -0.310 e. The first-order chi connectivity index (χ1) is 6.63. The van der Waals surface area contributed by atoms with E-state index in [2.05, 4.69) is 19.2 Å². The van der Waals surface area contributed by atoms with Crippen molar-refractivity contribution in [2.24, 2.45) is 0 Å². The topological polar surface area (TPSA) is 12.0 Å². The van der Waals surface area contributed by atoms with Crippen molar-refractivity contribution in [3.05, 3.63) is 34.6 Å². The van der Waals surface area contributed by atoms with E-state index >= 15 is 0 Å². The maximum absolute atomic E-state index is 12.9. The Labute approximate surface area is 89.3 Å². The van der Waals surface area contributed by atoms with Crippen molar-refractivity contribution < 1.29 is 4.39 Å². The van der Waals surface area contributed by atoms with Crippen LogP contribution in [0, 0.1) is 5.82 Å². The van der Waals surface area contributed by atoms with E-state index in [0.717, 1.165) is 12.0 Å². The molecule has 1 rings (SSSR count). The predicted molar refractivity (Wildman–Crippen MR) is 58.0 cm³/mol. The average molecular weight is 216 g/mol. The molecule has 1 atom stereocenters. The van der Waals surface area contributed by atoms with Gasteiger partial charge in [0, 0.05) is 17.6 Å². The van der Waals surface area contributed by atoms with Gasteiger partial charge in [0.1, 0.15) is 5.82 Å². The SMILES string of the molecule is CCC(C)NCc1cc(F)ccc1Cl. The van der Waals surface area contributed by atoms with Crippen molar-refractivity contribution in [3.8, 4) is 0 Å². The second kappa shape index (κ2) is 5.32. The number of rotatable bonds is 4. The highest BCUT2D eigenvalue weighted by Gasteiger charge is 2.03. The highest BCUT2D eigenvalue weighted by atomic mass is 35.5. The zero-order valence-electron chi connectivity index (χ0n) is 8.48. The van der Waals surface area contributed by atoms with Gasteiger partial charge in [-0.05, 0) is 37.1 Å². The number of hydrogen-bond donors (Lipinski definition) is 1. The summed E-state index contributed by atoms with van der Waals surface area (Å²) in [4.78, 5) is 0. The van der Waals surface area contributed by atoms with Crippen molar-refractivity contribution in [1.29, 1.82) is 0 Å². The highest BCUT2D eigenvalue weighted by molar-refractivity contribution is 6.31. The molecule has 14 heavy (non-hydrogen) atoms. The van der Waals surface area contributed by atoms with Crippen LogP contribution < -0.4 is 5.32 Å². The summed E-state index contributed by atoms with van der Waals surface area (Å²) in [5, 5.41) is 3.88. The van der Waals surface area contributed by atoms with Gasteiger partial charge in [0.05, 0.1) is 0 Å². The molecule has 0 aliphatic rings. The summed E-state index contributed by atoms with van der Waals surface area (Å²) in [5.41, 5.74) is 0.812. The Balaban J connectivity index is 2.62. The van der Waals surface area contributed by atoms with Crippen LogP contribution in [0.1, 0.15) is 25.8 Å². The van der Waals surface area contributed by atoms with Gasteiger partial charge >= 0.3 is 0 Å². The molecular weight excluding hydrogens is 201 g/mol. The minimum atomic E-state index is -0.240. The van der Waals surface area contributed by atoms with Crippen LogP contribution in [0.3, 0.4) is 0 Å². The normalized spacial score (nSPS) is 12.9. The largest absolute Gasteiger partial charge is 0.310 e. The maximum Gasteiger partial charge on any atom is 0.123 e. The molecule has 0 saturated carbocycles. The summed E-state index contributed by atoms with van der Waals surface area (Å²) in [6.45, 7) is 4.81. The van der Waals surface area contributed by atoms with Gasteiger partial charge in [0.2, 0.25) is 0 Å². The van der Waals surface area contributed by atoms with E-state index in [-0.39, 0.29) is 5.82 Å². The van der Waals surface area contributed by atoms with E-state index in [9.17, 15) is 4.39 Å². The second-order valence-electron chi connectivity index (χ2n) is 3.43. The van der Waals surface area contributed by atoms with Crippen molar-refractivity contribution in [2.75, 3.05) is 0 Å². The molecule has 3 heteroatoms. The van der Waals surface area contributed by atoms with E-state index in [1.807, 2.05) is 0 Å². The fourth-order valence-corrected chi connectivity index (χ4v) is 1.29. The van der Waals surface area contributed by atoms with Gasteiger partial charge in [0.25, 0.3) is 0 Å².